The van der Waals surface area contributed by atoms with Gasteiger partial charge in [0.1, 0.15) is 5.82 Å². The topological polar surface area (TPSA) is 39.1 Å². The quantitative estimate of drug-likeness (QED) is 0.694. The third kappa shape index (κ3) is 2.82. The largest absolute Gasteiger partial charge is 0.383 e. The molecule has 0 amide bonds. The molecule has 80 valence electrons. The number of nitrogens with one attached hydrogen (secondary N) is 1. The van der Waals surface area contributed by atoms with Gasteiger partial charge in [0.05, 0.1) is 12.6 Å². The normalized spacial score (nSPS) is 13.1. The average molecular weight is 197 g/mol. The van der Waals surface area contributed by atoms with Gasteiger partial charge in [0, 0.05) is 33.1 Å². The number of hydrogen-bond acceptors (Lipinski definition) is 3. The minimum Gasteiger partial charge on any atom is -0.383 e. The highest BCUT2D eigenvalue weighted by Crippen LogP contribution is 2.12. The van der Waals surface area contributed by atoms with Crippen LogP contribution in [0.3, 0.4) is 0 Å². The van der Waals surface area contributed by atoms with E-state index in [1.165, 1.54) is 0 Å². The molecule has 0 aliphatic rings. The second-order valence-corrected chi connectivity index (χ2v) is 3.30. The number of rotatable bonds is 6. The summed E-state index contributed by atoms with van der Waals surface area (Å²) >= 11 is 0. The van der Waals surface area contributed by atoms with E-state index in [2.05, 4.69) is 17.2 Å². The van der Waals surface area contributed by atoms with E-state index < -0.39 is 0 Å². The van der Waals surface area contributed by atoms with Crippen LogP contribution in [0, 0.1) is 0 Å². The molecule has 1 atom stereocenters. The summed E-state index contributed by atoms with van der Waals surface area (Å²) in [5, 5.41) is 3.41. The number of imidazole rings is 1. The zero-order valence-corrected chi connectivity index (χ0v) is 9.16. The fourth-order valence-electron chi connectivity index (χ4n) is 1.47. The van der Waals surface area contributed by atoms with Gasteiger partial charge in [-0.15, -0.1) is 0 Å². The second-order valence-electron chi connectivity index (χ2n) is 3.30. The summed E-state index contributed by atoms with van der Waals surface area (Å²) in [7, 11) is 3.73. The molecule has 0 bridgehead atoms. The summed E-state index contributed by atoms with van der Waals surface area (Å²) in [4.78, 5) is 4.33. The maximum absolute atomic E-state index is 4.99. The van der Waals surface area contributed by atoms with Crippen LogP contribution in [0.15, 0.2) is 12.4 Å². The first-order valence-corrected chi connectivity index (χ1v) is 4.99. The Morgan fingerprint density at radius 2 is 2.43 bits per heavy atom. The van der Waals surface area contributed by atoms with Crippen LogP contribution in [0.25, 0.3) is 0 Å². The van der Waals surface area contributed by atoms with E-state index in [0.717, 1.165) is 25.4 Å². The molecular weight excluding hydrogens is 178 g/mol. The van der Waals surface area contributed by atoms with Crippen molar-refractivity contribution in [3.63, 3.8) is 0 Å². The number of ether oxygens (including phenoxy) is 1. The van der Waals surface area contributed by atoms with Gasteiger partial charge in [-0.3, -0.25) is 0 Å². The molecule has 0 aliphatic carbocycles. The Kier molecular flexibility index (Phi) is 4.62. The third-order valence-electron chi connectivity index (χ3n) is 2.28. The first-order valence-electron chi connectivity index (χ1n) is 4.99. The first kappa shape index (κ1) is 11.2. The van der Waals surface area contributed by atoms with Gasteiger partial charge < -0.3 is 14.6 Å². The van der Waals surface area contributed by atoms with E-state index in [9.17, 15) is 0 Å². The van der Waals surface area contributed by atoms with Crippen molar-refractivity contribution in [2.45, 2.75) is 19.4 Å². The third-order valence-corrected chi connectivity index (χ3v) is 2.28. The lowest BCUT2D eigenvalue weighted by molar-refractivity contribution is 0.194. The second kappa shape index (κ2) is 5.78. The molecule has 0 saturated carbocycles. The Morgan fingerprint density at radius 3 is 2.93 bits per heavy atom. The maximum Gasteiger partial charge on any atom is 0.125 e. The minimum atomic E-state index is 0.324. The van der Waals surface area contributed by atoms with Crippen molar-refractivity contribution < 1.29 is 4.74 Å². The Hall–Kier alpha value is -0.870. The minimum absolute atomic E-state index is 0.324. The molecule has 1 heterocycles. The van der Waals surface area contributed by atoms with Crippen molar-refractivity contribution in [2.24, 2.45) is 7.05 Å². The summed E-state index contributed by atoms with van der Waals surface area (Å²) < 4.78 is 7.04. The smallest absolute Gasteiger partial charge is 0.125 e. The fraction of sp³-hybridized carbons (Fsp3) is 0.700. The van der Waals surface area contributed by atoms with Crippen molar-refractivity contribution in [2.75, 3.05) is 20.3 Å². The zero-order valence-electron chi connectivity index (χ0n) is 9.16. The van der Waals surface area contributed by atoms with E-state index in [4.69, 9.17) is 4.74 Å². The maximum atomic E-state index is 4.99. The molecule has 14 heavy (non-hydrogen) atoms. The monoisotopic (exact) mass is 197 g/mol. The van der Waals surface area contributed by atoms with Crippen LogP contribution < -0.4 is 5.32 Å². The summed E-state index contributed by atoms with van der Waals surface area (Å²) in [5.74, 6) is 1.09. The van der Waals surface area contributed by atoms with Crippen LogP contribution in [-0.2, 0) is 11.8 Å². The van der Waals surface area contributed by atoms with E-state index >= 15 is 0 Å². The van der Waals surface area contributed by atoms with Crippen LogP contribution in [0.1, 0.15) is 25.2 Å². The number of aromatic nitrogens is 2. The number of hydrogen-bond donors (Lipinski definition) is 1. The van der Waals surface area contributed by atoms with Crippen LogP contribution >= 0.6 is 0 Å². The average Bonchev–Trinajstić information content (AvgIpc) is 2.60. The van der Waals surface area contributed by atoms with Crippen LogP contribution in [-0.4, -0.2) is 29.8 Å². The molecule has 0 saturated heterocycles. The van der Waals surface area contributed by atoms with E-state index in [-0.39, 0.29) is 0 Å². The molecule has 0 spiro atoms. The van der Waals surface area contributed by atoms with Gasteiger partial charge in [-0.2, -0.15) is 0 Å². The number of aryl methyl sites for hydroxylation is 1. The molecule has 1 N–H and O–H groups in total. The van der Waals surface area contributed by atoms with Crippen LogP contribution in [0.5, 0.6) is 0 Å². The van der Waals surface area contributed by atoms with Crippen molar-refractivity contribution in [1.82, 2.24) is 14.9 Å². The van der Waals surface area contributed by atoms with E-state index in [0.29, 0.717) is 6.04 Å². The van der Waals surface area contributed by atoms with Crippen LogP contribution in [0.4, 0.5) is 0 Å². The van der Waals surface area contributed by atoms with Crippen molar-refractivity contribution >= 4 is 0 Å². The summed E-state index contributed by atoms with van der Waals surface area (Å²) in [6.45, 7) is 3.75. The Morgan fingerprint density at radius 1 is 1.64 bits per heavy atom. The zero-order chi connectivity index (χ0) is 10.4. The molecule has 1 aromatic heterocycles. The van der Waals surface area contributed by atoms with Crippen molar-refractivity contribution in [3.05, 3.63) is 18.2 Å². The molecular formula is C10H19N3O. The predicted octanol–water partition coefficient (Wildman–Crippen LogP) is 1.11. The highest BCUT2D eigenvalue weighted by molar-refractivity contribution is 4.98. The fourth-order valence-corrected chi connectivity index (χ4v) is 1.47. The van der Waals surface area contributed by atoms with Crippen LogP contribution in [0.2, 0.25) is 0 Å². The van der Waals surface area contributed by atoms with Gasteiger partial charge in [0.25, 0.3) is 0 Å². The predicted molar refractivity (Wildman–Crippen MR) is 56.1 cm³/mol. The number of nitrogens with zero attached hydrogens (tertiary/aromatic N) is 2. The van der Waals surface area contributed by atoms with Gasteiger partial charge >= 0.3 is 0 Å². The molecule has 0 fully saturated rings. The van der Waals surface area contributed by atoms with Crippen molar-refractivity contribution in [1.29, 1.82) is 0 Å². The van der Waals surface area contributed by atoms with Gasteiger partial charge in [-0.1, -0.05) is 6.92 Å². The van der Waals surface area contributed by atoms with Gasteiger partial charge in [-0.25, -0.2) is 4.98 Å². The molecule has 1 rings (SSSR count). The molecule has 0 aromatic carbocycles. The molecule has 4 heteroatoms. The highest BCUT2D eigenvalue weighted by atomic mass is 16.5. The van der Waals surface area contributed by atoms with E-state index in [1.54, 1.807) is 7.11 Å². The standard InChI is InChI=1S/C10H19N3O/c1-4-9(11-6-8-14-3)10-12-5-7-13(10)2/h5,7,9,11H,4,6,8H2,1-3H3. The van der Waals surface area contributed by atoms with Crippen molar-refractivity contribution in [3.8, 4) is 0 Å². The molecule has 0 radical (unpaired) electrons. The summed E-state index contributed by atoms with van der Waals surface area (Å²) in [6.07, 6.45) is 4.83. The highest BCUT2D eigenvalue weighted by Gasteiger charge is 2.11. The van der Waals surface area contributed by atoms with Gasteiger partial charge in [0.15, 0.2) is 0 Å². The van der Waals surface area contributed by atoms with Gasteiger partial charge in [0.2, 0.25) is 0 Å². The molecule has 1 aromatic rings. The SMILES string of the molecule is CCC(NCCOC)c1nccn1C. The lowest BCUT2D eigenvalue weighted by Crippen LogP contribution is -2.26. The Labute approximate surface area is 85.3 Å². The molecule has 4 nitrogen and oxygen atoms in total. The lowest BCUT2D eigenvalue weighted by Gasteiger charge is -2.16. The van der Waals surface area contributed by atoms with E-state index in [1.807, 2.05) is 24.0 Å². The first-order chi connectivity index (χ1) is 6.79. The Balaban J connectivity index is 2.50. The Bertz CT molecular complexity index is 260. The molecule has 0 aliphatic heterocycles. The number of methoxy groups -OCH3 is 1. The lowest BCUT2D eigenvalue weighted by atomic mass is 10.2. The molecule has 1 unspecified atom stereocenters. The summed E-state index contributed by atoms with van der Waals surface area (Å²) in [5.41, 5.74) is 0. The van der Waals surface area contributed by atoms with Gasteiger partial charge in [-0.05, 0) is 6.42 Å². The summed E-state index contributed by atoms with van der Waals surface area (Å²) in [6, 6.07) is 0.324.